The molecule has 0 spiro atoms. The van der Waals surface area contributed by atoms with Crippen LogP contribution in [0.4, 0.5) is 0 Å². The number of fused-ring (bicyclic) bond motifs is 2. The first-order chi connectivity index (χ1) is 9.93. The van der Waals surface area contributed by atoms with Crippen LogP contribution >= 0.6 is 11.3 Å². The Bertz CT molecular complexity index is 511. The lowest BCUT2D eigenvalue weighted by Crippen LogP contribution is -2.60. The van der Waals surface area contributed by atoms with Crippen LogP contribution in [0.25, 0.3) is 0 Å². The second-order valence-corrected chi connectivity index (χ2v) is 8.39. The molecule has 2 aliphatic rings. The molecule has 3 atom stereocenters. The number of amides is 1. The SMILES string of the molecule is CC1(C)[C@H]2CC[C@@H](C2)[C@]1(C)NC(=O)CNCc1cccs1. The van der Waals surface area contributed by atoms with E-state index in [1.807, 2.05) is 6.07 Å². The first kappa shape index (κ1) is 15.0. The summed E-state index contributed by atoms with van der Waals surface area (Å²) in [5.74, 6) is 1.56. The topological polar surface area (TPSA) is 41.1 Å². The van der Waals surface area contributed by atoms with Crippen molar-refractivity contribution in [2.45, 2.75) is 52.1 Å². The molecule has 2 bridgehead atoms. The molecular formula is C17H26N2OS. The van der Waals surface area contributed by atoms with E-state index in [2.05, 4.69) is 42.9 Å². The van der Waals surface area contributed by atoms with Gasteiger partial charge in [-0.2, -0.15) is 0 Å². The standard InChI is InChI=1S/C17H26N2OS/c1-16(2)12-6-7-13(9-12)17(16,3)19-15(20)11-18-10-14-5-4-8-21-14/h4-5,8,12-13,18H,6-7,9-11H2,1-3H3,(H,19,20)/t12-,13-,17-/m0/s1. The van der Waals surface area contributed by atoms with Crippen molar-refractivity contribution in [2.75, 3.05) is 6.54 Å². The zero-order valence-corrected chi connectivity index (χ0v) is 14.1. The molecule has 4 heteroatoms. The van der Waals surface area contributed by atoms with E-state index in [4.69, 9.17) is 0 Å². The van der Waals surface area contributed by atoms with Crippen LogP contribution in [0.5, 0.6) is 0 Å². The van der Waals surface area contributed by atoms with Crippen LogP contribution in [0.1, 0.15) is 44.9 Å². The van der Waals surface area contributed by atoms with Gasteiger partial charge in [-0.25, -0.2) is 0 Å². The molecule has 1 aromatic rings. The third kappa shape index (κ3) is 2.53. The van der Waals surface area contributed by atoms with Gasteiger partial charge >= 0.3 is 0 Å². The van der Waals surface area contributed by atoms with Crippen LogP contribution in [-0.2, 0) is 11.3 Å². The fraction of sp³-hybridized carbons (Fsp3) is 0.706. The zero-order chi connectivity index (χ0) is 15.1. The summed E-state index contributed by atoms with van der Waals surface area (Å²) in [6, 6.07) is 4.14. The zero-order valence-electron chi connectivity index (χ0n) is 13.2. The summed E-state index contributed by atoms with van der Waals surface area (Å²) in [6.07, 6.45) is 3.89. The molecule has 2 aliphatic carbocycles. The third-order valence-corrected chi connectivity index (χ3v) is 7.05. The first-order valence-electron chi connectivity index (χ1n) is 7.97. The number of hydrogen-bond acceptors (Lipinski definition) is 3. The molecular weight excluding hydrogens is 280 g/mol. The third-order valence-electron chi connectivity index (χ3n) is 6.17. The smallest absolute Gasteiger partial charge is 0.234 e. The molecule has 2 N–H and O–H groups in total. The van der Waals surface area contributed by atoms with Crippen molar-refractivity contribution >= 4 is 17.2 Å². The maximum Gasteiger partial charge on any atom is 0.234 e. The Labute approximate surface area is 131 Å². The van der Waals surface area contributed by atoms with Crippen molar-refractivity contribution in [1.29, 1.82) is 0 Å². The fourth-order valence-corrected chi connectivity index (χ4v) is 5.10. The highest BCUT2D eigenvalue weighted by Crippen LogP contribution is 2.61. The van der Waals surface area contributed by atoms with Gasteiger partial charge in [0.05, 0.1) is 6.54 Å². The minimum Gasteiger partial charge on any atom is -0.349 e. The van der Waals surface area contributed by atoms with Crippen LogP contribution in [0.2, 0.25) is 0 Å². The van der Waals surface area contributed by atoms with Gasteiger partial charge in [0.15, 0.2) is 0 Å². The molecule has 0 aromatic carbocycles. The molecule has 0 saturated heterocycles. The second-order valence-electron chi connectivity index (χ2n) is 7.36. The normalized spacial score (nSPS) is 33.3. The maximum absolute atomic E-state index is 12.3. The van der Waals surface area contributed by atoms with E-state index in [1.165, 1.54) is 24.1 Å². The van der Waals surface area contributed by atoms with Crippen molar-refractivity contribution < 1.29 is 4.79 Å². The van der Waals surface area contributed by atoms with Gasteiger partial charge in [0.1, 0.15) is 0 Å². The number of rotatable bonds is 5. The van der Waals surface area contributed by atoms with Crippen LogP contribution < -0.4 is 10.6 Å². The van der Waals surface area contributed by atoms with Gasteiger partial charge in [0, 0.05) is 17.0 Å². The van der Waals surface area contributed by atoms with E-state index < -0.39 is 0 Å². The van der Waals surface area contributed by atoms with E-state index in [-0.39, 0.29) is 16.9 Å². The predicted octanol–water partition coefficient (Wildman–Crippen LogP) is 3.17. The molecule has 3 rings (SSSR count). The first-order valence-corrected chi connectivity index (χ1v) is 8.85. The highest BCUT2D eigenvalue weighted by Gasteiger charge is 2.60. The number of carbonyl (C=O) groups excluding carboxylic acids is 1. The summed E-state index contributed by atoms with van der Waals surface area (Å²) in [5.41, 5.74) is 0.164. The highest BCUT2D eigenvalue weighted by molar-refractivity contribution is 7.09. The molecule has 116 valence electrons. The Morgan fingerprint density at radius 1 is 1.33 bits per heavy atom. The Balaban J connectivity index is 1.54. The van der Waals surface area contributed by atoms with Crippen molar-refractivity contribution in [3.8, 4) is 0 Å². The quantitative estimate of drug-likeness (QED) is 0.877. The fourth-order valence-electron chi connectivity index (χ4n) is 4.42. The largest absolute Gasteiger partial charge is 0.349 e. The minimum absolute atomic E-state index is 0.0440. The lowest BCUT2D eigenvalue weighted by molar-refractivity contribution is -0.124. The summed E-state index contributed by atoms with van der Waals surface area (Å²) in [4.78, 5) is 13.6. The number of carbonyl (C=O) groups is 1. The second kappa shape index (κ2) is 5.40. The number of nitrogens with one attached hydrogen (secondary N) is 2. The van der Waals surface area contributed by atoms with E-state index in [1.54, 1.807) is 11.3 Å². The molecule has 3 nitrogen and oxygen atoms in total. The van der Waals surface area contributed by atoms with E-state index in [9.17, 15) is 4.79 Å². The summed E-state index contributed by atoms with van der Waals surface area (Å²) < 4.78 is 0. The van der Waals surface area contributed by atoms with Crippen LogP contribution in [0.15, 0.2) is 17.5 Å². The lowest BCUT2D eigenvalue weighted by atomic mass is 9.64. The average molecular weight is 306 g/mol. The summed E-state index contributed by atoms with van der Waals surface area (Å²) in [7, 11) is 0. The number of hydrogen-bond donors (Lipinski definition) is 2. The molecule has 2 fully saturated rings. The van der Waals surface area contributed by atoms with E-state index >= 15 is 0 Å². The van der Waals surface area contributed by atoms with Crippen LogP contribution in [0.3, 0.4) is 0 Å². The lowest BCUT2D eigenvalue weighted by Gasteiger charge is -2.48. The van der Waals surface area contributed by atoms with Crippen molar-refractivity contribution in [3.63, 3.8) is 0 Å². The Kier molecular flexibility index (Phi) is 3.87. The Morgan fingerprint density at radius 3 is 2.71 bits per heavy atom. The van der Waals surface area contributed by atoms with E-state index in [0.717, 1.165) is 12.5 Å². The summed E-state index contributed by atoms with van der Waals surface area (Å²) >= 11 is 1.72. The maximum atomic E-state index is 12.3. The average Bonchev–Trinajstić information content (AvgIpc) is 3.11. The van der Waals surface area contributed by atoms with E-state index in [0.29, 0.717) is 12.5 Å². The summed E-state index contributed by atoms with van der Waals surface area (Å²) in [5, 5.41) is 8.67. The van der Waals surface area contributed by atoms with Gasteiger partial charge in [-0.05, 0) is 54.9 Å². The predicted molar refractivity (Wildman–Crippen MR) is 87.2 cm³/mol. The molecule has 1 amide bonds. The molecule has 1 heterocycles. The molecule has 2 saturated carbocycles. The van der Waals surface area contributed by atoms with Gasteiger partial charge < -0.3 is 10.6 Å². The minimum atomic E-state index is -0.0440. The van der Waals surface area contributed by atoms with Crippen molar-refractivity contribution in [3.05, 3.63) is 22.4 Å². The number of thiophene rings is 1. The highest BCUT2D eigenvalue weighted by atomic mass is 32.1. The summed E-state index contributed by atoms with van der Waals surface area (Å²) in [6.45, 7) is 8.10. The molecule has 0 aliphatic heterocycles. The molecule has 0 unspecified atom stereocenters. The van der Waals surface area contributed by atoms with Crippen LogP contribution in [0, 0.1) is 17.3 Å². The Morgan fingerprint density at radius 2 is 2.10 bits per heavy atom. The van der Waals surface area contributed by atoms with Crippen molar-refractivity contribution in [1.82, 2.24) is 10.6 Å². The van der Waals surface area contributed by atoms with Gasteiger partial charge in [-0.3, -0.25) is 4.79 Å². The van der Waals surface area contributed by atoms with Gasteiger partial charge in [-0.15, -0.1) is 11.3 Å². The Hall–Kier alpha value is -0.870. The van der Waals surface area contributed by atoms with Gasteiger partial charge in [-0.1, -0.05) is 19.9 Å². The van der Waals surface area contributed by atoms with Gasteiger partial charge in [0.25, 0.3) is 0 Å². The molecule has 1 aromatic heterocycles. The molecule has 0 radical (unpaired) electrons. The molecule has 21 heavy (non-hydrogen) atoms. The van der Waals surface area contributed by atoms with Crippen LogP contribution in [-0.4, -0.2) is 18.0 Å². The monoisotopic (exact) mass is 306 g/mol. The van der Waals surface area contributed by atoms with Crippen molar-refractivity contribution in [2.24, 2.45) is 17.3 Å². The van der Waals surface area contributed by atoms with Gasteiger partial charge in [0.2, 0.25) is 5.91 Å².